The number of para-hydroxylation sites is 1. The molecule has 1 saturated heterocycles. The molecule has 2 rings (SSSR count). The van der Waals surface area contributed by atoms with E-state index in [2.05, 4.69) is 29.8 Å². The number of piperazine rings is 1. The SMILES string of the molecule is CCC1CN(c2c(Cl)cccc2CCl)CCN1C. The van der Waals surface area contributed by atoms with Gasteiger partial charge in [0.2, 0.25) is 0 Å². The van der Waals surface area contributed by atoms with Crippen molar-refractivity contribution in [3.8, 4) is 0 Å². The minimum atomic E-state index is 0.513. The summed E-state index contributed by atoms with van der Waals surface area (Å²) >= 11 is 12.4. The molecule has 2 nitrogen and oxygen atoms in total. The van der Waals surface area contributed by atoms with E-state index < -0.39 is 0 Å². The Morgan fingerprint density at radius 3 is 2.78 bits per heavy atom. The molecule has 0 N–H and O–H groups in total. The molecule has 1 aromatic rings. The summed E-state index contributed by atoms with van der Waals surface area (Å²) in [6.07, 6.45) is 1.16. The number of hydrogen-bond acceptors (Lipinski definition) is 2. The lowest BCUT2D eigenvalue weighted by Gasteiger charge is -2.41. The number of anilines is 1. The highest BCUT2D eigenvalue weighted by Crippen LogP contribution is 2.32. The molecule has 1 unspecified atom stereocenters. The maximum atomic E-state index is 6.35. The van der Waals surface area contributed by atoms with Crippen molar-refractivity contribution in [3.63, 3.8) is 0 Å². The molecule has 0 spiro atoms. The Balaban J connectivity index is 2.26. The summed E-state index contributed by atoms with van der Waals surface area (Å²) in [5.74, 6) is 0.513. The highest BCUT2D eigenvalue weighted by molar-refractivity contribution is 6.33. The zero-order chi connectivity index (χ0) is 13.1. The lowest BCUT2D eigenvalue weighted by molar-refractivity contribution is 0.213. The van der Waals surface area contributed by atoms with Crippen molar-refractivity contribution >= 4 is 28.9 Å². The first-order valence-electron chi connectivity index (χ1n) is 6.46. The molecule has 0 bridgehead atoms. The molecule has 18 heavy (non-hydrogen) atoms. The lowest BCUT2D eigenvalue weighted by atomic mass is 10.1. The first-order valence-corrected chi connectivity index (χ1v) is 7.37. The zero-order valence-electron chi connectivity index (χ0n) is 11.0. The van der Waals surface area contributed by atoms with Gasteiger partial charge in [-0.3, -0.25) is 4.90 Å². The van der Waals surface area contributed by atoms with Crippen molar-refractivity contribution < 1.29 is 0 Å². The van der Waals surface area contributed by atoms with Crippen LogP contribution in [0.4, 0.5) is 5.69 Å². The monoisotopic (exact) mass is 286 g/mol. The quantitative estimate of drug-likeness (QED) is 0.784. The Hall–Kier alpha value is -0.440. The minimum Gasteiger partial charge on any atom is -0.367 e. The van der Waals surface area contributed by atoms with Gasteiger partial charge in [0.25, 0.3) is 0 Å². The van der Waals surface area contributed by atoms with Gasteiger partial charge in [-0.15, -0.1) is 11.6 Å². The maximum absolute atomic E-state index is 6.35. The number of hydrogen-bond donors (Lipinski definition) is 0. The van der Waals surface area contributed by atoms with Crippen molar-refractivity contribution in [2.24, 2.45) is 0 Å². The van der Waals surface area contributed by atoms with Crippen LogP contribution in [0.15, 0.2) is 18.2 Å². The van der Waals surface area contributed by atoms with Gasteiger partial charge in [0, 0.05) is 31.6 Å². The molecule has 0 saturated carbocycles. The summed E-state index contributed by atoms with van der Waals surface area (Å²) in [5.41, 5.74) is 2.25. The van der Waals surface area contributed by atoms with E-state index in [-0.39, 0.29) is 0 Å². The third-order valence-corrected chi connectivity index (χ3v) is 4.37. The molecule has 100 valence electrons. The lowest BCUT2D eigenvalue weighted by Crippen LogP contribution is -2.51. The Labute approximate surface area is 119 Å². The van der Waals surface area contributed by atoms with Gasteiger partial charge in [0.1, 0.15) is 0 Å². The van der Waals surface area contributed by atoms with Gasteiger partial charge in [-0.25, -0.2) is 0 Å². The van der Waals surface area contributed by atoms with Gasteiger partial charge in [-0.05, 0) is 25.1 Å². The zero-order valence-corrected chi connectivity index (χ0v) is 12.5. The molecule has 1 aliphatic rings. The highest BCUT2D eigenvalue weighted by Gasteiger charge is 2.25. The fourth-order valence-corrected chi connectivity index (χ4v) is 3.14. The van der Waals surface area contributed by atoms with Crippen molar-refractivity contribution in [2.45, 2.75) is 25.3 Å². The molecule has 1 aliphatic heterocycles. The van der Waals surface area contributed by atoms with Crippen LogP contribution in [0.1, 0.15) is 18.9 Å². The van der Waals surface area contributed by atoms with Gasteiger partial charge < -0.3 is 4.90 Å². The van der Waals surface area contributed by atoms with Gasteiger partial charge in [-0.1, -0.05) is 30.7 Å². The van der Waals surface area contributed by atoms with Crippen LogP contribution in [0.3, 0.4) is 0 Å². The summed E-state index contributed by atoms with van der Waals surface area (Å²) in [6.45, 7) is 5.35. The van der Waals surface area contributed by atoms with Crippen LogP contribution in [0.25, 0.3) is 0 Å². The van der Waals surface area contributed by atoms with Crippen LogP contribution in [0.2, 0.25) is 5.02 Å². The summed E-state index contributed by atoms with van der Waals surface area (Å²) in [5, 5.41) is 0.813. The third kappa shape index (κ3) is 2.76. The number of rotatable bonds is 3. The van der Waals surface area contributed by atoms with E-state index in [1.165, 1.54) is 0 Å². The summed E-state index contributed by atoms with van der Waals surface area (Å²) < 4.78 is 0. The van der Waals surface area contributed by atoms with Crippen molar-refractivity contribution in [3.05, 3.63) is 28.8 Å². The second-order valence-corrected chi connectivity index (χ2v) is 5.54. The van der Waals surface area contributed by atoms with Gasteiger partial charge in [0.05, 0.1) is 10.7 Å². The van der Waals surface area contributed by atoms with Crippen LogP contribution < -0.4 is 4.90 Å². The Bertz CT molecular complexity index is 409. The summed E-state index contributed by atoms with van der Waals surface area (Å²) in [4.78, 5) is 4.81. The Morgan fingerprint density at radius 1 is 1.33 bits per heavy atom. The predicted octanol–water partition coefficient (Wildman–Crippen LogP) is 3.61. The second kappa shape index (κ2) is 6.14. The third-order valence-electron chi connectivity index (χ3n) is 3.78. The largest absolute Gasteiger partial charge is 0.367 e. The molecule has 0 amide bonds. The number of nitrogens with zero attached hydrogens (tertiary/aromatic N) is 2. The first kappa shape index (κ1) is 14.0. The number of alkyl halides is 1. The van der Waals surface area contributed by atoms with Crippen LogP contribution in [-0.2, 0) is 5.88 Å². The fraction of sp³-hybridized carbons (Fsp3) is 0.571. The summed E-state index contributed by atoms with van der Waals surface area (Å²) in [6, 6.07) is 6.58. The van der Waals surface area contributed by atoms with Crippen LogP contribution >= 0.6 is 23.2 Å². The molecule has 0 aromatic heterocycles. The first-order chi connectivity index (χ1) is 8.67. The standard InChI is InChI=1S/C14H20Cl2N2/c1-3-12-10-18(8-7-17(12)2)14-11(9-15)5-4-6-13(14)16/h4-6,12H,3,7-10H2,1-2H3. The molecule has 1 atom stereocenters. The molecule has 1 fully saturated rings. The Morgan fingerprint density at radius 2 is 2.11 bits per heavy atom. The number of likely N-dealkylation sites (N-methyl/N-ethyl adjacent to an activating group) is 1. The van der Waals surface area contributed by atoms with Crippen LogP contribution in [0.5, 0.6) is 0 Å². The minimum absolute atomic E-state index is 0.513. The Kier molecular flexibility index (Phi) is 4.77. The second-order valence-electron chi connectivity index (χ2n) is 4.87. The van der Waals surface area contributed by atoms with E-state index in [0.717, 1.165) is 42.3 Å². The average Bonchev–Trinajstić information content (AvgIpc) is 2.39. The molecular weight excluding hydrogens is 267 g/mol. The number of benzene rings is 1. The smallest absolute Gasteiger partial charge is 0.0642 e. The van der Waals surface area contributed by atoms with Gasteiger partial charge >= 0.3 is 0 Å². The number of halogens is 2. The average molecular weight is 287 g/mol. The maximum Gasteiger partial charge on any atom is 0.0642 e. The van der Waals surface area contributed by atoms with Crippen LogP contribution in [0, 0.1) is 0 Å². The van der Waals surface area contributed by atoms with Crippen molar-refractivity contribution in [1.29, 1.82) is 0 Å². The molecule has 0 aliphatic carbocycles. The summed E-state index contributed by atoms with van der Waals surface area (Å²) in [7, 11) is 2.20. The van der Waals surface area contributed by atoms with E-state index in [4.69, 9.17) is 23.2 Å². The van der Waals surface area contributed by atoms with Crippen molar-refractivity contribution in [2.75, 3.05) is 31.6 Å². The molecule has 1 aromatic carbocycles. The van der Waals surface area contributed by atoms with E-state index in [1.807, 2.05) is 12.1 Å². The molecule has 4 heteroatoms. The molecule has 0 radical (unpaired) electrons. The van der Waals surface area contributed by atoms with Gasteiger partial charge in [0.15, 0.2) is 0 Å². The van der Waals surface area contributed by atoms with E-state index in [9.17, 15) is 0 Å². The van der Waals surface area contributed by atoms with E-state index in [0.29, 0.717) is 11.9 Å². The fourth-order valence-electron chi connectivity index (χ4n) is 2.61. The normalized spacial score (nSPS) is 21.3. The predicted molar refractivity (Wildman–Crippen MR) is 79.9 cm³/mol. The topological polar surface area (TPSA) is 6.48 Å². The highest BCUT2D eigenvalue weighted by atomic mass is 35.5. The van der Waals surface area contributed by atoms with Crippen LogP contribution in [-0.4, -0.2) is 37.6 Å². The molecule has 1 heterocycles. The molecular formula is C14H20Cl2N2. The van der Waals surface area contributed by atoms with E-state index in [1.54, 1.807) is 0 Å². The van der Waals surface area contributed by atoms with Gasteiger partial charge in [-0.2, -0.15) is 0 Å². The van der Waals surface area contributed by atoms with Crippen molar-refractivity contribution in [1.82, 2.24) is 4.90 Å². The van der Waals surface area contributed by atoms with E-state index >= 15 is 0 Å².